The molecule has 0 saturated heterocycles. The van der Waals surface area contributed by atoms with E-state index in [4.69, 9.17) is 40.2 Å². The number of rotatable bonds is 1. The molecular formula is C8H27NNa3O8+. The molecule has 0 aromatic heterocycles. The first-order valence-corrected chi connectivity index (χ1v) is 4.24. The van der Waals surface area contributed by atoms with Gasteiger partial charge in [0.2, 0.25) is 0 Å². The first-order valence-electron chi connectivity index (χ1n) is 4.24. The predicted molar refractivity (Wildman–Crippen MR) is 83.6 cm³/mol. The molecule has 0 aliphatic heterocycles. The van der Waals surface area contributed by atoms with Crippen LogP contribution in [0.15, 0.2) is 0 Å². The van der Waals surface area contributed by atoms with Crippen LogP contribution in [0.25, 0.3) is 0 Å². The van der Waals surface area contributed by atoms with Crippen LogP contribution >= 0.6 is 0 Å². The number of aliphatic hydroxyl groups excluding tert-OH is 2. The fourth-order valence-electron chi connectivity index (χ4n) is 0. The molecule has 0 radical (unpaired) electrons. The third-order valence-electron chi connectivity index (χ3n) is 0.224. The Kier molecular flexibility index (Phi) is 124. The topological polar surface area (TPSA) is 191 Å². The fourth-order valence-corrected chi connectivity index (χ4v) is 0. The summed E-state index contributed by atoms with van der Waals surface area (Å²) in [6.07, 6.45) is -2.96. The molecule has 9 nitrogen and oxygen atoms in total. The minimum atomic E-state index is -1.83. The summed E-state index contributed by atoms with van der Waals surface area (Å²) >= 11 is 0. The van der Waals surface area contributed by atoms with Crippen LogP contribution in [0.2, 0.25) is 0 Å². The second kappa shape index (κ2) is 49.9. The molecule has 12 heteroatoms. The molecule has 0 spiro atoms. The zero-order valence-electron chi connectivity index (χ0n) is 11.2. The van der Waals surface area contributed by atoms with E-state index in [-0.39, 0.29) is 102 Å². The van der Waals surface area contributed by atoms with E-state index in [1.165, 1.54) is 0 Å². The molecule has 0 aromatic carbocycles. The Bertz CT molecular complexity index is 144. The van der Waals surface area contributed by atoms with Crippen molar-refractivity contribution in [1.82, 2.24) is 6.15 Å². The fraction of sp³-hybridized carbons (Fsp3) is 0.750. The molecule has 0 rings (SSSR count). The van der Waals surface area contributed by atoms with Crippen LogP contribution in [0.1, 0.15) is 28.6 Å². The van der Waals surface area contributed by atoms with Crippen LogP contribution in [0.4, 0.5) is 9.59 Å². The van der Waals surface area contributed by atoms with Gasteiger partial charge in [0, 0.05) is 12.7 Å². The Balaban J connectivity index is -0.0000000121. The van der Waals surface area contributed by atoms with Gasteiger partial charge < -0.3 is 36.8 Å². The maximum atomic E-state index is 8.56. The van der Waals surface area contributed by atoms with Gasteiger partial charge in [-0.15, -0.1) is 0 Å². The Labute approximate surface area is 186 Å². The Morgan fingerprint density at radius 3 is 1.00 bits per heavy atom. The van der Waals surface area contributed by atoms with E-state index in [0.717, 1.165) is 6.42 Å². The summed E-state index contributed by atoms with van der Waals surface area (Å²) < 4.78 is 0. The minimum absolute atomic E-state index is 0. The van der Waals surface area contributed by atoms with Gasteiger partial charge in [0.15, 0.2) is 0 Å². The standard InChI is InChI=1S/2C3H8O.2CH2O3.H3N.3Na.3H/c1-3(2)4;1-2-3-4;2*2-1(3)4;;;;;;;/h3-4H,1-2H3;4H,2-3H2,1H3;2*(H2,2,3,4);1H3;;;;;;/p+1. The molecule has 0 bridgehead atoms. The molecule has 0 unspecified atom stereocenters. The normalized spacial score (nSPS) is 5.70. The molecule has 0 saturated carbocycles. The van der Waals surface area contributed by atoms with Gasteiger partial charge in [-0.05, 0) is 20.3 Å². The van der Waals surface area contributed by atoms with Gasteiger partial charge in [-0.25, -0.2) is 9.59 Å². The van der Waals surface area contributed by atoms with Crippen LogP contribution < -0.4 is 6.15 Å². The van der Waals surface area contributed by atoms with Crippen LogP contribution in [0, 0.1) is 0 Å². The van der Waals surface area contributed by atoms with Gasteiger partial charge in [-0.1, -0.05) is 6.92 Å². The van der Waals surface area contributed by atoms with Crippen LogP contribution in [0.3, 0.4) is 0 Å². The van der Waals surface area contributed by atoms with Crippen LogP contribution in [-0.2, 0) is 0 Å². The van der Waals surface area contributed by atoms with Crippen molar-refractivity contribution >= 4 is 101 Å². The second-order valence-corrected chi connectivity index (χ2v) is 2.38. The number of hydrogen-bond acceptors (Lipinski definition) is 5. The van der Waals surface area contributed by atoms with Gasteiger partial charge in [-0.3, -0.25) is 0 Å². The first kappa shape index (κ1) is 49.6. The van der Waals surface area contributed by atoms with E-state index in [9.17, 15) is 0 Å². The number of carboxylic acid groups (broad SMARTS) is 4. The van der Waals surface area contributed by atoms with E-state index in [1.54, 1.807) is 13.8 Å². The molecule has 0 amide bonds. The summed E-state index contributed by atoms with van der Waals surface area (Å²) in [5, 5.41) is 43.8. The van der Waals surface area contributed by atoms with Crippen molar-refractivity contribution in [2.24, 2.45) is 0 Å². The Morgan fingerprint density at radius 1 is 0.950 bits per heavy atom. The van der Waals surface area contributed by atoms with Gasteiger partial charge in [0.05, 0.1) is 0 Å². The average molecular weight is 334 g/mol. The quantitative estimate of drug-likeness (QED) is 0.311. The predicted octanol–water partition coefficient (Wildman–Crippen LogP) is -0.450. The van der Waals surface area contributed by atoms with Crippen molar-refractivity contribution in [1.29, 1.82) is 0 Å². The van der Waals surface area contributed by atoms with Gasteiger partial charge in [0.1, 0.15) is 0 Å². The SMILES string of the molecule is CC(C)O.CCCO.N.O=C(O)O.O=C(O)O.[H+].[NaH].[NaH].[NaH]. The summed E-state index contributed by atoms with van der Waals surface area (Å²) in [7, 11) is 0. The van der Waals surface area contributed by atoms with Crippen LogP contribution in [-0.4, -0.2) is 144 Å². The molecule has 114 valence electrons. The molecule has 0 fully saturated rings. The number of hydrogen-bond donors (Lipinski definition) is 7. The monoisotopic (exact) mass is 334 g/mol. The molecule has 0 aliphatic carbocycles. The molecular weight excluding hydrogens is 307 g/mol. The third-order valence-corrected chi connectivity index (χ3v) is 0.224. The summed E-state index contributed by atoms with van der Waals surface area (Å²) in [4.78, 5) is 17.1. The van der Waals surface area contributed by atoms with Crippen LogP contribution in [0.5, 0.6) is 0 Å². The second-order valence-electron chi connectivity index (χ2n) is 2.38. The number of aliphatic hydroxyl groups is 2. The summed E-state index contributed by atoms with van der Waals surface area (Å²) in [5.41, 5.74) is 0. The summed E-state index contributed by atoms with van der Waals surface area (Å²) in [6.45, 7) is 5.69. The summed E-state index contributed by atoms with van der Waals surface area (Å²) in [6, 6.07) is 0. The molecule has 0 atom stereocenters. The average Bonchev–Trinajstić information content (AvgIpc) is 2.00. The third kappa shape index (κ3) is 1130. The van der Waals surface area contributed by atoms with E-state index < -0.39 is 12.3 Å². The summed E-state index contributed by atoms with van der Waals surface area (Å²) in [5.74, 6) is 0. The maximum absolute atomic E-state index is 8.56. The van der Waals surface area contributed by atoms with Gasteiger partial charge in [0.25, 0.3) is 0 Å². The Hall–Kier alpha value is 1.42. The van der Waals surface area contributed by atoms with Gasteiger partial charge >= 0.3 is 102 Å². The molecule has 9 N–H and O–H groups in total. The van der Waals surface area contributed by atoms with E-state index in [0.29, 0.717) is 6.61 Å². The first-order chi connectivity index (χ1) is 7.11. The zero-order chi connectivity index (χ0) is 14.1. The van der Waals surface area contributed by atoms with E-state index in [1.807, 2.05) is 6.92 Å². The van der Waals surface area contributed by atoms with E-state index >= 15 is 0 Å². The van der Waals surface area contributed by atoms with Crippen molar-refractivity contribution in [3.05, 3.63) is 0 Å². The van der Waals surface area contributed by atoms with Crippen molar-refractivity contribution in [2.45, 2.75) is 33.3 Å². The molecule has 0 heterocycles. The van der Waals surface area contributed by atoms with Gasteiger partial charge in [-0.2, -0.15) is 0 Å². The van der Waals surface area contributed by atoms with Crippen molar-refractivity contribution in [3.63, 3.8) is 0 Å². The molecule has 0 aliphatic rings. The molecule has 20 heavy (non-hydrogen) atoms. The van der Waals surface area contributed by atoms with E-state index in [2.05, 4.69) is 0 Å². The molecule has 0 aromatic rings. The zero-order valence-corrected chi connectivity index (χ0v) is 10.2. The Morgan fingerprint density at radius 2 is 1.00 bits per heavy atom. The van der Waals surface area contributed by atoms with Crippen molar-refractivity contribution in [3.8, 4) is 0 Å². The van der Waals surface area contributed by atoms with Crippen molar-refractivity contribution < 1.29 is 41.7 Å². The van der Waals surface area contributed by atoms with Crippen molar-refractivity contribution in [2.75, 3.05) is 6.61 Å². The number of carbonyl (C=O) groups is 2.